The molecule has 0 spiro atoms. The number of halogens is 3. The molecule has 7 heteroatoms. The van der Waals surface area contributed by atoms with Crippen LogP contribution in [0.15, 0.2) is 42.5 Å². The number of piperidine rings is 1. The highest BCUT2D eigenvalue weighted by molar-refractivity contribution is 5.98. The molecule has 1 fully saturated rings. The van der Waals surface area contributed by atoms with Gasteiger partial charge in [-0.15, -0.1) is 0 Å². The zero-order chi connectivity index (χ0) is 19.4. The third-order valence-electron chi connectivity index (χ3n) is 4.63. The fourth-order valence-electron chi connectivity index (χ4n) is 3.23. The maximum atomic E-state index is 13.8. The number of nitrogens with one attached hydrogen (secondary N) is 1. The lowest BCUT2D eigenvalue weighted by Gasteiger charge is -2.30. The zero-order valence-corrected chi connectivity index (χ0v) is 14.6. The van der Waals surface area contributed by atoms with Gasteiger partial charge in [-0.2, -0.15) is 0 Å². The van der Waals surface area contributed by atoms with Crippen molar-refractivity contribution >= 4 is 17.4 Å². The number of nitrogens with zero attached hydrogens (tertiary/aromatic N) is 1. The van der Waals surface area contributed by atoms with Crippen LogP contribution in [0.1, 0.15) is 23.2 Å². The van der Waals surface area contributed by atoms with Crippen LogP contribution in [0.5, 0.6) is 0 Å². The van der Waals surface area contributed by atoms with E-state index in [0.717, 1.165) is 18.2 Å². The molecule has 0 bridgehead atoms. The standard InChI is InChI=1S/C20H19F3N2O2/c21-14-2-1-3-16(10-14)24-19(26)12-25-8-6-13(7-9-25)20(27)17-11-15(22)4-5-18(17)23/h1-5,10-11,13H,6-9,12H2,(H,24,26). The number of amides is 1. The molecule has 1 saturated heterocycles. The van der Waals surface area contributed by atoms with Crippen LogP contribution in [0.2, 0.25) is 0 Å². The van der Waals surface area contributed by atoms with Crippen molar-refractivity contribution < 1.29 is 22.8 Å². The van der Waals surface area contributed by atoms with E-state index in [0.29, 0.717) is 31.6 Å². The summed E-state index contributed by atoms with van der Waals surface area (Å²) in [7, 11) is 0. The molecule has 1 N–H and O–H groups in total. The summed E-state index contributed by atoms with van der Waals surface area (Å²) < 4.78 is 40.2. The van der Waals surface area contributed by atoms with Crippen molar-refractivity contribution in [3.8, 4) is 0 Å². The summed E-state index contributed by atoms with van der Waals surface area (Å²) in [6.07, 6.45) is 0.921. The molecule has 142 valence electrons. The van der Waals surface area contributed by atoms with Gasteiger partial charge in [0.25, 0.3) is 0 Å². The highest BCUT2D eigenvalue weighted by Gasteiger charge is 2.28. The van der Waals surface area contributed by atoms with Crippen molar-refractivity contribution in [2.24, 2.45) is 5.92 Å². The molecule has 0 saturated carbocycles. The first-order chi connectivity index (χ1) is 12.9. The number of likely N-dealkylation sites (tertiary alicyclic amines) is 1. The maximum absolute atomic E-state index is 13.8. The van der Waals surface area contributed by atoms with Crippen molar-refractivity contribution in [3.05, 3.63) is 65.5 Å². The van der Waals surface area contributed by atoms with Gasteiger partial charge < -0.3 is 5.32 Å². The van der Waals surface area contributed by atoms with E-state index in [2.05, 4.69) is 5.32 Å². The molecule has 1 aliphatic heterocycles. The molecule has 1 amide bonds. The monoisotopic (exact) mass is 376 g/mol. The van der Waals surface area contributed by atoms with E-state index in [9.17, 15) is 22.8 Å². The SMILES string of the molecule is O=C(CN1CCC(C(=O)c2cc(F)ccc2F)CC1)Nc1cccc(F)c1. The maximum Gasteiger partial charge on any atom is 0.238 e. The Morgan fingerprint density at radius 2 is 1.70 bits per heavy atom. The summed E-state index contributed by atoms with van der Waals surface area (Å²) in [6, 6.07) is 8.49. The smallest absolute Gasteiger partial charge is 0.238 e. The Bertz CT molecular complexity index is 849. The minimum atomic E-state index is -0.724. The Morgan fingerprint density at radius 3 is 2.41 bits per heavy atom. The van der Waals surface area contributed by atoms with Crippen molar-refractivity contribution in [3.63, 3.8) is 0 Å². The van der Waals surface area contributed by atoms with E-state index < -0.39 is 29.2 Å². The lowest BCUT2D eigenvalue weighted by atomic mass is 9.88. The quantitative estimate of drug-likeness (QED) is 0.811. The van der Waals surface area contributed by atoms with Crippen molar-refractivity contribution in [1.82, 2.24) is 4.90 Å². The van der Waals surface area contributed by atoms with Crippen molar-refractivity contribution in [2.45, 2.75) is 12.8 Å². The summed E-state index contributed by atoms with van der Waals surface area (Å²) in [5, 5.41) is 2.62. The van der Waals surface area contributed by atoms with Gasteiger partial charge in [0, 0.05) is 11.6 Å². The highest BCUT2D eigenvalue weighted by Crippen LogP contribution is 2.23. The van der Waals surface area contributed by atoms with E-state index in [1.54, 1.807) is 6.07 Å². The van der Waals surface area contributed by atoms with Crippen LogP contribution >= 0.6 is 0 Å². The zero-order valence-electron chi connectivity index (χ0n) is 14.6. The molecule has 1 heterocycles. The Kier molecular flexibility index (Phi) is 5.91. The molecule has 2 aromatic carbocycles. The average Bonchev–Trinajstić information content (AvgIpc) is 2.64. The van der Waals surface area contributed by atoms with Crippen LogP contribution in [0.25, 0.3) is 0 Å². The first-order valence-corrected chi connectivity index (χ1v) is 8.69. The molecule has 2 aromatic rings. The lowest BCUT2D eigenvalue weighted by Crippen LogP contribution is -2.40. The average molecular weight is 376 g/mol. The Labute approximate surface area is 155 Å². The second kappa shape index (κ2) is 8.35. The minimum Gasteiger partial charge on any atom is -0.325 e. The van der Waals surface area contributed by atoms with Gasteiger partial charge in [0.15, 0.2) is 5.78 Å². The predicted octanol–water partition coefficient (Wildman–Crippen LogP) is 3.64. The van der Waals surface area contributed by atoms with Gasteiger partial charge in [0.05, 0.1) is 12.1 Å². The van der Waals surface area contributed by atoms with Gasteiger partial charge in [0.1, 0.15) is 17.5 Å². The molecular weight excluding hydrogens is 357 g/mol. The van der Waals surface area contributed by atoms with Gasteiger partial charge in [-0.3, -0.25) is 14.5 Å². The first kappa shape index (κ1) is 19.1. The van der Waals surface area contributed by atoms with Crippen LogP contribution in [0, 0.1) is 23.4 Å². The van der Waals surface area contributed by atoms with Gasteiger partial charge in [-0.1, -0.05) is 6.07 Å². The second-order valence-electron chi connectivity index (χ2n) is 6.60. The Hall–Kier alpha value is -2.67. The van der Waals surface area contributed by atoms with E-state index in [1.165, 1.54) is 18.2 Å². The number of hydrogen-bond donors (Lipinski definition) is 1. The van der Waals surface area contributed by atoms with Gasteiger partial charge in [0.2, 0.25) is 5.91 Å². The van der Waals surface area contributed by atoms with Crippen molar-refractivity contribution in [2.75, 3.05) is 25.0 Å². The molecule has 0 radical (unpaired) electrons. The molecule has 0 atom stereocenters. The number of benzene rings is 2. The molecule has 0 unspecified atom stereocenters. The van der Waals surface area contributed by atoms with Crippen LogP contribution in [0.4, 0.5) is 18.9 Å². The molecule has 0 aromatic heterocycles. The van der Waals surface area contributed by atoms with E-state index in [1.807, 2.05) is 4.90 Å². The summed E-state index contributed by atoms with van der Waals surface area (Å²) >= 11 is 0. The fraction of sp³-hybridized carbons (Fsp3) is 0.300. The second-order valence-corrected chi connectivity index (χ2v) is 6.60. The van der Waals surface area contributed by atoms with Crippen LogP contribution in [-0.4, -0.2) is 36.2 Å². The van der Waals surface area contributed by atoms with Gasteiger partial charge in [-0.25, -0.2) is 13.2 Å². The van der Waals surface area contributed by atoms with Crippen LogP contribution in [-0.2, 0) is 4.79 Å². The summed E-state index contributed by atoms with van der Waals surface area (Å²) in [4.78, 5) is 26.4. The number of carbonyl (C=O) groups excluding carboxylic acids is 2. The number of rotatable bonds is 5. The highest BCUT2D eigenvalue weighted by atomic mass is 19.1. The lowest BCUT2D eigenvalue weighted by molar-refractivity contribution is -0.117. The summed E-state index contributed by atoms with van der Waals surface area (Å²) in [5.41, 5.74) is 0.156. The van der Waals surface area contributed by atoms with Crippen molar-refractivity contribution in [1.29, 1.82) is 0 Å². The largest absolute Gasteiger partial charge is 0.325 e. The van der Waals surface area contributed by atoms with E-state index in [-0.39, 0.29) is 18.0 Å². The third kappa shape index (κ3) is 4.95. The number of hydrogen-bond acceptors (Lipinski definition) is 3. The van der Waals surface area contributed by atoms with Crippen LogP contribution < -0.4 is 5.32 Å². The molecule has 1 aliphatic rings. The molecule has 3 rings (SSSR count). The number of Topliss-reactive ketones (excluding diaryl/α,β-unsaturated/α-hetero) is 1. The van der Waals surface area contributed by atoms with Crippen LogP contribution in [0.3, 0.4) is 0 Å². The molecule has 27 heavy (non-hydrogen) atoms. The van der Waals surface area contributed by atoms with E-state index in [4.69, 9.17) is 0 Å². The summed E-state index contributed by atoms with van der Waals surface area (Å²) in [6.45, 7) is 1.10. The third-order valence-corrected chi connectivity index (χ3v) is 4.63. The number of carbonyl (C=O) groups is 2. The van der Waals surface area contributed by atoms with E-state index >= 15 is 0 Å². The predicted molar refractivity (Wildman–Crippen MR) is 94.9 cm³/mol. The molecule has 0 aliphatic carbocycles. The fourth-order valence-corrected chi connectivity index (χ4v) is 3.23. The van der Waals surface area contributed by atoms with Gasteiger partial charge >= 0.3 is 0 Å². The Balaban J connectivity index is 1.52. The topological polar surface area (TPSA) is 49.4 Å². The number of ketones is 1. The molecule has 4 nitrogen and oxygen atoms in total. The summed E-state index contributed by atoms with van der Waals surface area (Å²) in [5.74, 6) is -2.89. The number of anilines is 1. The normalized spacial score (nSPS) is 15.5. The molecular formula is C20H19F3N2O2. The van der Waals surface area contributed by atoms with Gasteiger partial charge in [-0.05, 0) is 62.3 Å². The Morgan fingerprint density at radius 1 is 1.00 bits per heavy atom. The first-order valence-electron chi connectivity index (χ1n) is 8.69. The minimum absolute atomic E-state index is 0.117.